The number of hydrogen-bond donors (Lipinski definition) is 2. The molecular weight excluding hydrogens is 524 g/mol. The first-order valence-electron chi connectivity index (χ1n) is 16.8. The molecule has 2 aromatic rings. The van der Waals surface area contributed by atoms with Gasteiger partial charge in [0.1, 0.15) is 0 Å². The molecule has 2 aromatic carbocycles. The number of aliphatic hydroxyl groups excluding tert-OH is 2. The van der Waals surface area contributed by atoms with Crippen LogP contribution in [-0.2, 0) is 9.47 Å². The van der Waals surface area contributed by atoms with Crippen LogP contribution in [0.5, 0.6) is 0 Å². The van der Waals surface area contributed by atoms with E-state index in [0.717, 1.165) is 52.6 Å². The Labute approximate surface area is 254 Å². The summed E-state index contributed by atoms with van der Waals surface area (Å²) in [4.78, 5) is 4.83. The largest absolute Gasteiger partial charge is 0.391 e. The second-order valence-electron chi connectivity index (χ2n) is 12.8. The van der Waals surface area contributed by atoms with Crippen LogP contribution in [0.25, 0.3) is 0 Å². The number of nitrogens with zero attached hydrogens (tertiary/aromatic N) is 2. The van der Waals surface area contributed by atoms with Gasteiger partial charge < -0.3 is 19.7 Å². The average molecular weight is 579 g/mol. The van der Waals surface area contributed by atoms with Gasteiger partial charge in [0.15, 0.2) is 0 Å². The molecule has 0 amide bonds. The van der Waals surface area contributed by atoms with Gasteiger partial charge in [0.2, 0.25) is 0 Å². The average Bonchev–Trinajstić information content (AvgIpc) is 3.08. The molecule has 2 unspecified atom stereocenters. The molecule has 42 heavy (non-hydrogen) atoms. The van der Waals surface area contributed by atoms with E-state index in [1.165, 1.54) is 75.3 Å². The second kappa shape index (κ2) is 16.9. The zero-order valence-corrected chi connectivity index (χ0v) is 25.6. The summed E-state index contributed by atoms with van der Waals surface area (Å²) in [5.74, 6) is 0.901. The van der Waals surface area contributed by atoms with E-state index in [9.17, 15) is 10.2 Å². The zero-order chi connectivity index (χ0) is 29.0. The third kappa shape index (κ3) is 8.64. The van der Waals surface area contributed by atoms with Gasteiger partial charge in [-0.25, -0.2) is 0 Å². The molecule has 2 heterocycles. The number of benzene rings is 2. The van der Waals surface area contributed by atoms with E-state index in [2.05, 4.69) is 58.3 Å². The third-order valence-corrected chi connectivity index (χ3v) is 10.1. The van der Waals surface area contributed by atoms with Gasteiger partial charge in [-0.3, -0.25) is 9.80 Å². The Morgan fingerprint density at radius 3 is 1.17 bits per heavy atom. The van der Waals surface area contributed by atoms with Crippen molar-refractivity contribution in [3.05, 3.63) is 71.8 Å². The highest BCUT2D eigenvalue weighted by Gasteiger charge is 2.35. The maximum atomic E-state index is 11.1. The van der Waals surface area contributed by atoms with Crippen molar-refractivity contribution in [3.63, 3.8) is 0 Å². The molecule has 2 aliphatic carbocycles. The SMILES string of the molecule is OC(C1CCCCC1)C(c1ccccc1)N1CCOCC1.O[C@@H](C1CCCCC1)[C@@H](c1ccccc1)N1CCOCC1. The quantitative estimate of drug-likeness (QED) is 0.401. The van der Waals surface area contributed by atoms with E-state index in [1.807, 2.05) is 12.1 Å². The molecule has 2 saturated carbocycles. The minimum Gasteiger partial charge on any atom is -0.391 e. The Balaban J connectivity index is 0.000000168. The van der Waals surface area contributed by atoms with Gasteiger partial charge in [0.05, 0.1) is 50.7 Å². The van der Waals surface area contributed by atoms with Crippen molar-refractivity contribution in [3.8, 4) is 0 Å². The Kier molecular flexibility index (Phi) is 12.7. The topological polar surface area (TPSA) is 65.4 Å². The van der Waals surface area contributed by atoms with E-state index in [4.69, 9.17) is 9.47 Å². The molecule has 0 bridgehead atoms. The lowest BCUT2D eigenvalue weighted by Crippen LogP contribution is -2.46. The smallest absolute Gasteiger partial charge is 0.0765 e. The van der Waals surface area contributed by atoms with Crippen LogP contribution in [0.2, 0.25) is 0 Å². The van der Waals surface area contributed by atoms with Crippen LogP contribution in [0, 0.1) is 11.8 Å². The van der Waals surface area contributed by atoms with Crippen molar-refractivity contribution in [2.24, 2.45) is 11.8 Å². The Bertz CT molecular complexity index is 902. The predicted octanol–water partition coefficient (Wildman–Crippen LogP) is 6.00. The van der Waals surface area contributed by atoms with Crippen LogP contribution in [0.3, 0.4) is 0 Å². The Morgan fingerprint density at radius 1 is 0.500 bits per heavy atom. The van der Waals surface area contributed by atoms with Gasteiger partial charge >= 0.3 is 0 Å². The molecular formula is C36H54N2O4. The van der Waals surface area contributed by atoms with E-state index in [0.29, 0.717) is 11.8 Å². The summed E-state index contributed by atoms with van der Waals surface area (Å²) in [5, 5.41) is 22.1. The minimum absolute atomic E-state index is 0.123. The number of morpholine rings is 2. The molecule has 0 radical (unpaired) electrons. The predicted molar refractivity (Wildman–Crippen MR) is 168 cm³/mol. The van der Waals surface area contributed by atoms with Crippen LogP contribution < -0.4 is 0 Å². The van der Waals surface area contributed by atoms with Crippen molar-refractivity contribution < 1.29 is 19.7 Å². The zero-order valence-electron chi connectivity index (χ0n) is 25.6. The van der Waals surface area contributed by atoms with E-state index in [-0.39, 0.29) is 24.3 Å². The highest BCUT2D eigenvalue weighted by Crippen LogP contribution is 2.37. The molecule has 0 aromatic heterocycles. The van der Waals surface area contributed by atoms with Crippen molar-refractivity contribution in [1.29, 1.82) is 0 Å². The van der Waals surface area contributed by atoms with Crippen molar-refractivity contribution >= 4 is 0 Å². The van der Waals surface area contributed by atoms with Crippen LogP contribution in [0.15, 0.2) is 60.7 Å². The summed E-state index contributed by atoms with van der Waals surface area (Å²) in [6.07, 6.45) is 11.9. The third-order valence-electron chi connectivity index (χ3n) is 10.1. The summed E-state index contributed by atoms with van der Waals surface area (Å²) in [7, 11) is 0. The molecule has 2 saturated heterocycles. The molecule has 4 fully saturated rings. The maximum absolute atomic E-state index is 11.1. The fraction of sp³-hybridized carbons (Fsp3) is 0.667. The van der Waals surface area contributed by atoms with E-state index < -0.39 is 0 Å². The fourth-order valence-electron chi connectivity index (χ4n) is 7.73. The monoisotopic (exact) mass is 578 g/mol. The molecule has 2 N–H and O–H groups in total. The molecule has 4 atom stereocenters. The fourth-order valence-corrected chi connectivity index (χ4v) is 7.73. The summed E-state index contributed by atoms with van der Waals surface area (Å²) >= 11 is 0. The summed E-state index contributed by atoms with van der Waals surface area (Å²) in [6.45, 7) is 6.79. The second-order valence-corrected chi connectivity index (χ2v) is 12.8. The molecule has 6 rings (SSSR count). The Morgan fingerprint density at radius 2 is 0.833 bits per heavy atom. The van der Waals surface area contributed by atoms with E-state index >= 15 is 0 Å². The normalized spacial score (nSPS) is 24.6. The maximum Gasteiger partial charge on any atom is 0.0765 e. The standard InChI is InChI=1S/2C18H27NO2/c2*20-18(16-9-5-2-6-10-16)17(15-7-3-1-4-8-15)19-11-13-21-14-12-19/h2*1,3-4,7-8,16-18,20H,2,5-6,9-14H2/t17-,18+;/m1./s1. The number of aliphatic hydroxyl groups is 2. The van der Waals surface area contributed by atoms with Gasteiger partial charge in [-0.1, -0.05) is 99.2 Å². The first kappa shape index (κ1) is 31.6. The highest BCUT2D eigenvalue weighted by molar-refractivity contribution is 5.22. The van der Waals surface area contributed by atoms with Crippen molar-refractivity contribution in [1.82, 2.24) is 9.80 Å². The molecule has 6 nitrogen and oxygen atoms in total. The number of hydrogen-bond acceptors (Lipinski definition) is 6. The lowest BCUT2D eigenvalue weighted by atomic mass is 9.80. The minimum atomic E-state index is -0.259. The van der Waals surface area contributed by atoms with Gasteiger partial charge in [-0.2, -0.15) is 0 Å². The van der Waals surface area contributed by atoms with Gasteiger partial charge in [0.25, 0.3) is 0 Å². The van der Waals surface area contributed by atoms with Crippen LogP contribution >= 0.6 is 0 Å². The molecule has 232 valence electrons. The van der Waals surface area contributed by atoms with Crippen molar-refractivity contribution in [2.75, 3.05) is 52.6 Å². The van der Waals surface area contributed by atoms with Gasteiger partial charge in [0, 0.05) is 26.2 Å². The van der Waals surface area contributed by atoms with Crippen LogP contribution in [0.1, 0.15) is 87.4 Å². The summed E-state index contributed by atoms with van der Waals surface area (Å²) in [6, 6.07) is 21.3. The summed E-state index contributed by atoms with van der Waals surface area (Å²) < 4.78 is 11.0. The molecule has 0 spiro atoms. The van der Waals surface area contributed by atoms with E-state index in [1.54, 1.807) is 0 Å². The Hall–Kier alpha value is -1.80. The van der Waals surface area contributed by atoms with Crippen molar-refractivity contribution in [2.45, 2.75) is 88.5 Å². The summed E-state index contributed by atoms with van der Waals surface area (Å²) in [5.41, 5.74) is 2.50. The number of ether oxygens (including phenoxy) is 2. The number of rotatable bonds is 8. The first-order valence-corrected chi connectivity index (χ1v) is 16.8. The lowest BCUT2D eigenvalue weighted by molar-refractivity contribution is -0.0461. The van der Waals surface area contributed by atoms with Crippen LogP contribution in [0.4, 0.5) is 0 Å². The molecule has 4 aliphatic rings. The molecule has 6 heteroatoms. The first-order chi connectivity index (χ1) is 20.7. The lowest BCUT2D eigenvalue weighted by Gasteiger charge is -2.41. The van der Waals surface area contributed by atoms with Gasteiger partial charge in [-0.05, 0) is 48.6 Å². The van der Waals surface area contributed by atoms with Crippen LogP contribution in [-0.4, -0.2) is 84.8 Å². The molecule has 2 aliphatic heterocycles. The highest BCUT2D eigenvalue weighted by atomic mass is 16.5. The van der Waals surface area contributed by atoms with Gasteiger partial charge in [-0.15, -0.1) is 0 Å².